The normalized spacial score (nSPS) is 26.3. The fourth-order valence-corrected chi connectivity index (χ4v) is 2.91. The molecule has 2 aliphatic rings. The standard InChI is InChI=1S/C13H23N3OS/c1-9(2)16-6-3-10(8-16)7-15-12(17)13(4-5-13)11(14)18/h9-10H,3-8H2,1-2H3,(H2,14,18)(H,15,17). The van der Waals surface area contributed by atoms with E-state index in [1.54, 1.807) is 0 Å². The molecule has 1 heterocycles. The van der Waals surface area contributed by atoms with Crippen molar-refractivity contribution in [2.24, 2.45) is 17.1 Å². The average Bonchev–Trinajstić information content (AvgIpc) is 2.99. The highest BCUT2D eigenvalue weighted by Crippen LogP contribution is 2.46. The number of nitrogens with one attached hydrogen (secondary N) is 1. The number of nitrogens with zero attached hydrogens (tertiary/aromatic N) is 1. The van der Waals surface area contributed by atoms with E-state index in [-0.39, 0.29) is 5.91 Å². The molecule has 2 rings (SSSR count). The molecule has 1 atom stereocenters. The van der Waals surface area contributed by atoms with Crippen LogP contribution >= 0.6 is 12.2 Å². The molecule has 1 saturated carbocycles. The summed E-state index contributed by atoms with van der Waals surface area (Å²) in [6.45, 7) is 7.41. The first kappa shape index (κ1) is 13.7. The van der Waals surface area contributed by atoms with E-state index in [1.165, 1.54) is 6.42 Å². The van der Waals surface area contributed by atoms with E-state index >= 15 is 0 Å². The average molecular weight is 269 g/mol. The van der Waals surface area contributed by atoms with Gasteiger partial charge in [-0.05, 0) is 45.6 Å². The molecule has 18 heavy (non-hydrogen) atoms. The summed E-state index contributed by atoms with van der Waals surface area (Å²) >= 11 is 4.98. The van der Waals surface area contributed by atoms with Gasteiger partial charge in [0, 0.05) is 19.1 Å². The van der Waals surface area contributed by atoms with Crippen LogP contribution in [0.5, 0.6) is 0 Å². The predicted octanol–water partition coefficient (Wildman–Crippen LogP) is 0.899. The maximum absolute atomic E-state index is 12.0. The quantitative estimate of drug-likeness (QED) is 0.728. The van der Waals surface area contributed by atoms with E-state index in [9.17, 15) is 4.79 Å². The van der Waals surface area contributed by atoms with Gasteiger partial charge < -0.3 is 16.0 Å². The smallest absolute Gasteiger partial charge is 0.233 e. The topological polar surface area (TPSA) is 58.4 Å². The van der Waals surface area contributed by atoms with Gasteiger partial charge in [-0.25, -0.2) is 0 Å². The molecule has 1 aliphatic carbocycles. The molecule has 0 spiro atoms. The van der Waals surface area contributed by atoms with Crippen LogP contribution in [0.3, 0.4) is 0 Å². The second kappa shape index (κ2) is 5.13. The van der Waals surface area contributed by atoms with Gasteiger partial charge in [0.15, 0.2) is 0 Å². The molecule has 1 aliphatic heterocycles. The Kier molecular flexibility index (Phi) is 3.92. The lowest BCUT2D eigenvalue weighted by atomic mass is 10.1. The highest BCUT2D eigenvalue weighted by atomic mass is 32.1. The fraction of sp³-hybridized carbons (Fsp3) is 0.846. The highest BCUT2D eigenvalue weighted by Gasteiger charge is 2.52. The molecule has 0 aromatic heterocycles. The van der Waals surface area contributed by atoms with Crippen molar-refractivity contribution in [2.75, 3.05) is 19.6 Å². The van der Waals surface area contributed by atoms with Crippen molar-refractivity contribution < 1.29 is 4.79 Å². The number of carbonyl (C=O) groups is 1. The molecule has 1 saturated heterocycles. The molecule has 1 amide bonds. The van der Waals surface area contributed by atoms with E-state index in [0.29, 0.717) is 16.9 Å². The molecule has 3 N–H and O–H groups in total. The summed E-state index contributed by atoms with van der Waals surface area (Å²) in [7, 11) is 0. The van der Waals surface area contributed by atoms with Crippen LogP contribution in [0.4, 0.5) is 0 Å². The lowest BCUT2D eigenvalue weighted by molar-refractivity contribution is -0.124. The van der Waals surface area contributed by atoms with Gasteiger partial charge in [0.2, 0.25) is 5.91 Å². The molecule has 102 valence electrons. The lowest BCUT2D eigenvalue weighted by Crippen LogP contribution is -2.42. The second-order valence-electron chi connectivity index (χ2n) is 5.90. The highest BCUT2D eigenvalue weighted by molar-refractivity contribution is 7.80. The van der Waals surface area contributed by atoms with Crippen LogP contribution in [0, 0.1) is 11.3 Å². The summed E-state index contributed by atoms with van der Waals surface area (Å²) in [5, 5.41) is 3.04. The molecule has 0 aromatic rings. The third-order valence-corrected chi connectivity index (χ3v) is 4.65. The van der Waals surface area contributed by atoms with Gasteiger partial charge in [0.05, 0.1) is 10.4 Å². The SMILES string of the molecule is CC(C)N1CCC(CNC(=O)C2(C(N)=S)CC2)C1. The Balaban J connectivity index is 1.76. The van der Waals surface area contributed by atoms with Gasteiger partial charge in [-0.1, -0.05) is 12.2 Å². The van der Waals surface area contributed by atoms with Gasteiger partial charge in [-0.2, -0.15) is 0 Å². The minimum atomic E-state index is -0.508. The first-order valence-electron chi connectivity index (χ1n) is 6.78. The molecule has 0 aromatic carbocycles. The van der Waals surface area contributed by atoms with Crippen LogP contribution in [0.1, 0.15) is 33.1 Å². The minimum Gasteiger partial charge on any atom is -0.392 e. The van der Waals surface area contributed by atoms with Gasteiger partial charge in [0.1, 0.15) is 0 Å². The van der Waals surface area contributed by atoms with Crippen LogP contribution < -0.4 is 11.1 Å². The molecule has 0 radical (unpaired) electrons. The van der Waals surface area contributed by atoms with Crippen molar-refractivity contribution in [3.63, 3.8) is 0 Å². The molecule has 5 heteroatoms. The van der Waals surface area contributed by atoms with Gasteiger partial charge in [0.25, 0.3) is 0 Å². The van der Waals surface area contributed by atoms with Crippen LogP contribution in [-0.4, -0.2) is 41.5 Å². The maximum Gasteiger partial charge on any atom is 0.233 e. The van der Waals surface area contributed by atoms with Crippen LogP contribution in [-0.2, 0) is 4.79 Å². The number of carbonyl (C=O) groups excluding carboxylic acids is 1. The number of likely N-dealkylation sites (tertiary alicyclic amines) is 1. The van der Waals surface area contributed by atoms with Crippen molar-refractivity contribution in [2.45, 2.75) is 39.2 Å². The van der Waals surface area contributed by atoms with E-state index in [0.717, 1.165) is 32.5 Å². The Morgan fingerprint density at radius 3 is 2.67 bits per heavy atom. The van der Waals surface area contributed by atoms with Crippen LogP contribution in [0.15, 0.2) is 0 Å². The van der Waals surface area contributed by atoms with E-state index < -0.39 is 5.41 Å². The van der Waals surface area contributed by atoms with Gasteiger partial charge >= 0.3 is 0 Å². The van der Waals surface area contributed by atoms with Gasteiger partial charge in [-0.3, -0.25) is 4.79 Å². The fourth-order valence-electron chi connectivity index (χ4n) is 2.61. The zero-order chi connectivity index (χ0) is 13.3. The molecule has 0 bridgehead atoms. The minimum absolute atomic E-state index is 0.0398. The Labute approximate surface area is 114 Å². The van der Waals surface area contributed by atoms with Crippen molar-refractivity contribution in [1.82, 2.24) is 10.2 Å². The van der Waals surface area contributed by atoms with Crippen molar-refractivity contribution in [3.05, 3.63) is 0 Å². The number of rotatable bonds is 5. The van der Waals surface area contributed by atoms with Crippen molar-refractivity contribution in [3.8, 4) is 0 Å². The van der Waals surface area contributed by atoms with E-state index in [1.807, 2.05) is 0 Å². The number of hydrogen-bond donors (Lipinski definition) is 2. The number of hydrogen-bond acceptors (Lipinski definition) is 3. The third kappa shape index (κ3) is 2.67. The largest absolute Gasteiger partial charge is 0.392 e. The van der Waals surface area contributed by atoms with Crippen LogP contribution in [0.25, 0.3) is 0 Å². The van der Waals surface area contributed by atoms with Crippen LogP contribution in [0.2, 0.25) is 0 Å². The maximum atomic E-state index is 12.0. The third-order valence-electron chi connectivity index (χ3n) is 4.26. The Morgan fingerprint density at radius 1 is 1.56 bits per heavy atom. The zero-order valence-corrected chi connectivity index (χ0v) is 12.1. The molecule has 4 nitrogen and oxygen atoms in total. The summed E-state index contributed by atoms with van der Waals surface area (Å²) in [4.78, 5) is 14.9. The molecule has 1 unspecified atom stereocenters. The molecule has 2 fully saturated rings. The van der Waals surface area contributed by atoms with Gasteiger partial charge in [-0.15, -0.1) is 0 Å². The molecular weight excluding hydrogens is 246 g/mol. The summed E-state index contributed by atoms with van der Waals surface area (Å²) in [6, 6.07) is 0.595. The summed E-state index contributed by atoms with van der Waals surface area (Å²) in [5.41, 5.74) is 5.13. The first-order chi connectivity index (χ1) is 8.45. The van der Waals surface area contributed by atoms with Crippen molar-refractivity contribution >= 4 is 23.1 Å². The van der Waals surface area contributed by atoms with Crippen molar-refractivity contribution in [1.29, 1.82) is 0 Å². The number of nitrogens with two attached hydrogens (primary N) is 1. The van der Waals surface area contributed by atoms with E-state index in [4.69, 9.17) is 18.0 Å². The first-order valence-corrected chi connectivity index (χ1v) is 7.19. The lowest BCUT2D eigenvalue weighted by Gasteiger charge is -2.21. The number of thiocarbonyl (C=S) groups is 1. The summed E-state index contributed by atoms with van der Waals surface area (Å²) in [5.74, 6) is 0.608. The summed E-state index contributed by atoms with van der Waals surface area (Å²) < 4.78 is 0. The predicted molar refractivity (Wildman–Crippen MR) is 76.3 cm³/mol. The molecular formula is C13H23N3OS. The Hall–Kier alpha value is -0.680. The summed E-state index contributed by atoms with van der Waals surface area (Å²) in [6.07, 6.45) is 2.80. The monoisotopic (exact) mass is 269 g/mol. The second-order valence-corrected chi connectivity index (χ2v) is 6.34. The number of amides is 1. The Bertz CT molecular complexity index is 352. The Morgan fingerprint density at radius 2 is 2.22 bits per heavy atom. The van der Waals surface area contributed by atoms with E-state index in [2.05, 4.69) is 24.1 Å². The zero-order valence-electron chi connectivity index (χ0n) is 11.2.